The molecule has 1 atom stereocenters. The average molecular weight is 551 g/mol. The first-order chi connectivity index (χ1) is 19.0. The Morgan fingerprint density at radius 3 is 2.60 bits per heavy atom. The van der Waals surface area contributed by atoms with E-state index in [2.05, 4.69) is 45.5 Å². The van der Waals surface area contributed by atoms with E-state index in [0.717, 1.165) is 41.9 Å². The fourth-order valence-electron chi connectivity index (χ4n) is 5.34. The number of hydrogen-bond donors (Lipinski definition) is 1. The van der Waals surface area contributed by atoms with E-state index in [-0.39, 0.29) is 11.9 Å². The third-order valence-electron chi connectivity index (χ3n) is 7.91. The summed E-state index contributed by atoms with van der Waals surface area (Å²) in [5, 5.41) is 0. The summed E-state index contributed by atoms with van der Waals surface area (Å²) in [6.45, 7) is 9.41. The van der Waals surface area contributed by atoms with Crippen molar-refractivity contribution in [3.63, 3.8) is 0 Å². The molecule has 5 rings (SSSR count). The lowest BCUT2D eigenvalue weighted by atomic mass is 9.88. The highest BCUT2D eigenvalue weighted by molar-refractivity contribution is 5.80. The summed E-state index contributed by atoms with van der Waals surface area (Å²) in [6.07, 6.45) is 6.85. The summed E-state index contributed by atoms with van der Waals surface area (Å²) < 4.78 is 45.2. The molecule has 40 heavy (non-hydrogen) atoms. The molecule has 0 amide bonds. The largest absolute Gasteiger partial charge is 0.459 e. The van der Waals surface area contributed by atoms with Crippen LogP contribution in [0.3, 0.4) is 0 Å². The minimum Gasteiger partial charge on any atom is -0.459 e. The van der Waals surface area contributed by atoms with Crippen molar-refractivity contribution in [2.45, 2.75) is 57.7 Å². The number of rotatable bonds is 7. The maximum absolute atomic E-state index is 13.0. The summed E-state index contributed by atoms with van der Waals surface area (Å²) in [6, 6.07) is 7.20. The number of nitrogens with one attached hydrogen (secondary N) is 1. The summed E-state index contributed by atoms with van der Waals surface area (Å²) in [5.74, 6) is 1.24. The number of alkyl halides is 3. The lowest BCUT2D eigenvalue weighted by molar-refractivity contribution is -0.163. The van der Waals surface area contributed by atoms with Crippen LogP contribution in [0, 0.1) is 5.92 Å². The molecule has 1 N–H and O–H groups in total. The Bertz CT molecular complexity index is 1460. The van der Waals surface area contributed by atoms with Crippen LogP contribution in [0.15, 0.2) is 72.5 Å². The van der Waals surface area contributed by atoms with Gasteiger partial charge in [0.25, 0.3) is 0 Å². The van der Waals surface area contributed by atoms with E-state index in [1.807, 2.05) is 25.1 Å². The molecule has 2 aromatic heterocycles. The molecule has 1 aromatic carbocycles. The van der Waals surface area contributed by atoms with Gasteiger partial charge in [-0.25, -0.2) is 9.97 Å². The molecule has 0 saturated carbocycles. The topological polar surface area (TPSA) is 71.1 Å². The van der Waals surface area contributed by atoms with Gasteiger partial charge in [-0.3, -0.25) is 4.79 Å². The molecule has 1 aliphatic heterocycles. The van der Waals surface area contributed by atoms with E-state index in [9.17, 15) is 18.0 Å². The summed E-state index contributed by atoms with van der Waals surface area (Å²) in [7, 11) is 0. The van der Waals surface area contributed by atoms with Crippen LogP contribution >= 0.6 is 0 Å². The number of aromatic amines is 1. The van der Waals surface area contributed by atoms with E-state index in [0.29, 0.717) is 54.8 Å². The van der Waals surface area contributed by atoms with Gasteiger partial charge in [0.05, 0.1) is 23.0 Å². The first-order valence-electron chi connectivity index (χ1n) is 13.6. The number of allylic oxidation sites excluding steroid dienone is 5. The fourth-order valence-corrected chi connectivity index (χ4v) is 5.34. The van der Waals surface area contributed by atoms with Gasteiger partial charge in [0.1, 0.15) is 17.2 Å². The lowest BCUT2D eigenvalue weighted by Crippen LogP contribution is -2.47. The van der Waals surface area contributed by atoms with Crippen LogP contribution in [0.5, 0.6) is 0 Å². The Balaban J connectivity index is 1.18. The fraction of sp³-hybridized carbons (Fsp3) is 0.387. The number of H-pyrrole nitrogens is 1. The molecule has 1 fully saturated rings. The quantitative estimate of drug-likeness (QED) is 0.310. The highest BCUT2D eigenvalue weighted by Gasteiger charge is 2.37. The normalized spacial score (nSPS) is 19.0. The number of carbonyl (C=O) groups is 1. The van der Waals surface area contributed by atoms with Gasteiger partial charge in [-0.2, -0.15) is 13.2 Å². The molecule has 6 nitrogen and oxygen atoms in total. The number of carbonyl (C=O) groups excluding carboxylic acids is 1. The number of anilines is 1. The number of piperidine rings is 1. The summed E-state index contributed by atoms with van der Waals surface area (Å²) in [4.78, 5) is 27.0. The number of pyridine rings is 1. The maximum atomic E-state index is 13.0. The molecule has 0 radical (unpaired) electrons. The Labute approximate surface area is 231 Å². The number of nitrogens with zero attached hydrogens (tertiary/aromatic N) is 3. The number of esters is 1. The molecule has 0 bridgehead atoms. The maximum Gasteiger partial charge on any atom is 0.416 e. The second kappa shape index (κ2) is 10.9. The SMILES string of the molecule is C=C(C)C1=CCC(CC(=O)OC2(CC)CCN(c3ccc(-c4nc5ccc(C(F)(F)F)cc5[nH]4)cn3)CC2)C=C1. The smallest absolute Gasteiger partial charge is 0.416 e. The number of fused-ring (bicyclic) bond motifs is 1. The first kappa shape index (κ1) is 27.7. The summed E-state index contributed by atoms with van der Waals surface area (Å²) in [5.41, 5.74) is 2.42. The zero-order valence-electron chi connectivity index (χ0n) is 22.7. The van der Waals surface area contributed by atoms with Crippen molar-refractivity contribution in [1.82, 2.24) is 15.0 Å². The van der Waals surface area contributed by atoms with Gasteiger partial charge in [0, 0.05) is 37.7 Å². The molecule has 9 heteroatoms. The summed E-state index contributed by atoms with van der Waals surface area (Å²) >= 11 is 0. The van der Waals surface area contributed by atoms with E-state index >= 15 is 0 Å². The second-order valence-corrected chi connectivity index (χ2v) is 10.7. The van der Waals surface area contributed by atoms with E-state index in [1.54, 1.807) is 6.20 Å². The first-order valence-corrected chi connectivity index (χ1v) is 13.6. The molecule has 3 heterocycles. The number of benzene rings is 1. The average Bonchev–Trinajstić information content (AvgIpc) is 3.37. The van der Waals surface area contributed by atoms with Gasteiger partial charge in [0.15, 0.2) is 0 Å². The van der Waals surface area contributed by atoms with Crippen molar-refractivity contribution >= 4 is 22.8 Å². The van der Waals surface area contributed by atoms with Crippen LogP contribution in [0.2, 0.25) is 0 Å². The number of imidazole rings is 1. The van der Waals surface area contributed by atoms with Gasteiger partial charge in [-0.15, -0.1) is 0 Å². The van der Waals surface area contributed by atoms with Crippen molar-refractivity contribution in [2.75, 3.05) is 18.0 Å². The molecule has 210 valence electrons. The Kier molecular flexibility index (Phi) is 7.57. The van der Waals surface area contributed by atoms with Gasteiger partial charge in [0.2, 0.25) is 0 Å². The Morgan fingerprint density at radius 1 is 1.23 bits per heavy atom. The van der Waals surface area contributed by atoms with Crippen LogP contribution in [0.25, 0.3) is 22.4 Å². The molecular formula is C31H33F3N4O2. The van der Waals surface area contributed by atoms with Crippen molar-refractivity contribution < 1.29 is 22.7 Å². The zero-order chi connectivity index (χ0) is 28.5. The molecule has 3 aromatic rings. The predicted octanol–water partition coefficient (Wildman–Crippen LogP) is 7.40. The van der Waals surface area contributed by atoms with Crippen LogP contribution in [0.1, 0.15) is 51.5 Å². The van der Waals surface area contributed by atoms with Crippen LogP contribution in [-0.4, -0.2) is 39.6 Å². The van der Waals surface area contributed by atoms with Gasteiger partial charge in [-0.1, -0.05) is 37.3 Å². The zero-order valence-corrected chi connectivity index (χ0v) is 22.7. The standard InChI is InChI=1S/C31H33F3N4O2/c1-4-30(40-28(39)17-21-5-7-22(8-6-21)20(2)3)13-15-38(16-14-30)27-12-9-23(19-35-27)29-36-25-11-10-24(31(32,33)34)18-26(25)37-29/h5,7-12,18-19,21H,2,4,6,13-17H2,1,3H3,(H,36,37). The molecule has 2 aliphatic rings. The van der Waals surface area contributed by atoms with E-state index in [4.69, 9.17) is 4.74 Å². The molecular weight excluding hydrogens is 517 g/mol. The number of aromatic nitrogens is 3. The second-order valence-electron chi connectivity index (χ2n) is 10.7. The van der Waals surface area contributed by atoms with Crippen molar-refractivity contribution in [3.05, 3.63) is 78.0 Å². The van der Waals surface area contributed by atoms with Crippen LogP contribution < -0.4 is 4.90 Å². The monoisotopic (exact) mass is 550 g/mol. The molecule has 1 saturated heterocycles. The van der Waals surface area contributed by atoms with Crippen LogP contribution in [0.4, 0.5) is 19.0 Å². The van der Waals surface area contributed by atoms with Crippen molar-refractivity contribution in [1.29, 1.82) is 0 Å². The van der Waals surface area contributed by atoms with E-state index in [1.165, 1.54) is 6.07 Å². The predicted molar refractivity (Wildman–Crippen MR) is 150 cm³/mol. The number of hydrogen-bond acceptors (Lipinski definition) is 5. The third kappa shape index (κ3) is 5.98. The Hall–Kier alpha value is -3.88. The third-order valence-corrected chi connectivity index (χ3v) is 7.91. The minimum atomic E-state index is -4.41. The van der Waals surface area contributed by atoms with Gasteiger partial charge >= 0.3 is 12.1 Å². The highest BCUT2D eigenvalue weighted by Crippen LogP contribution is 2.34. The highest BCUT2D eigenvalue weighted by atomic mass is 19.4. The number of halogens is 3. The lowest BCUT2D eigenvalue weighted by Gasteiger charge is -2.41. The molecule has 1 unspecified atom stereocenters. The molecule has 0 spiro atoms. The van der Waals surface area contributed by atoms with Crippen molar-refractivity contribution in [3.8, 4) is 11.4 Å². The Morgan fingerprint density at radius 2 is 2.00 bits per heavy atom. The van der Waals surface area contributed by atoms with Crippen LogP contribution in [-0.2, 0) is 15.7 Å². The minimum absolute atomic E-state index is 0.144. The van der Waals surface area contributed by atoms with Gasteiger partial charge < -0.3 is 14.6 Å². The van der Waals surface area contributed by atoms with E-state index < -0.39 is 17.3 Å². The molecule has 1 aliphatic carbocycles. The van der Waals surface area contributed by atoms with Gasteiger partial charge in [-0.05, 0) is 61.6 Å². The number of ether oxygens (including phenoxy) is 1. The van der Waals surface area contributed by atoms with Crippen molar-refractivity contribution in [2.24, 2.45) is 5.92 Å².